The Morgan fingerprint density at radius 3 is 2.83 bits per heavy atom. The molecule has 148 valence electrons. The highest BCUT2D eigenvalue weighted by Crippen LogP contribution is 2.36. The van der Waals surface area contributed by atoms with E-state index in [1.165, 1.54) is 6.07 Å². The standard InChI is InChI=1S/C21H20N4O4/c26-20(8-14-9-22-17-4-2-1-3-16(14)17)23-10-13-7-15(12-23)18-5-6-19(25(28)29)21(27)24(18)11-13/h1-6,9,13,15,22H,7-8,10-12H2/t13-,15+/m1/s1. The number of H-pyrrole nitrogens is 1. The lowest BCUT2D eigenvalue weighted by Crippen LogP contribution is -2.49. The Kier molecular flexibility index (Phi) is 4.01. The summed E-state index contributed by atoms with van der Waals surface area (Å²) in [5.41, 5.74) is 1.86. The largest absolute Gasteiger partial charge is 0.361 e. The van der Waals surface area contributed by atoms with Crippen LogP contribution in [0.3, 0.4) is 0 Å². The third-order valence-electron chi connectivity index (χ3n) is 6.15. The number of aromatic nitrogens is 2. The van der Waals surface area contributed by atoms with Gasteiger partial charge in [-0.25, -0.2) is 0 Å². The topological polar surface area (TPSA) is 101 Å². The lowest BCUT2D eigenvalue weighted by Gasteiger charge is -2.42. The molecule has 8 heteroatoms. The molecule has 2 aliphatic rings. The van der Waals surface area contributed by atoms with Crippen LogP contribution in [0.2, 0.25) is 0 Å². The van der Waals surface area contributed by atoms with Gasteiger partial charge in [-0.2, -0.15) is 0 Å². The van der Waals surface area contributed by atoms with Gasteiger partial charge < -0.3 is 14.5 Å². The predicted molar refractivity (Wildman–Crippen MR) is 107 cm³/mol. The Balaban J connectivity index is 1.39. The molecule has 2 aromatic heterocycles. The van der Waals surface area contributed by atoms with Gasteiger partial charge in [-0.15, -0.1) is 0 Å². The lowest BCUT2D eigenvalue weighted by molar-refractivity contribution is -0.386. The zero-order valence-corrected chi connectivity index (χ0v) is 15.7. The molecule has 1 aromatic carbocycles. The van der Waals surface area contributed by atoms with E-state index in [0.29, 0.717) is 26.1 Å². The average molecular weight is 392 g/mol. The molecule has 3 aromatic rings. The number of benzene rings is 1. The number of nitrogens with zero attached hydrogens (tertiary/aromatic N) is 3. The van der Waals surface area contributed by atoms with E-state index in [9.17, 15) is 19.7 Å². The van der Waals surface area contributed by atoms with Crippen molar-refractivity contribution in [3.63, 3.8) is 0 Å². The summed E-state index contributed by atoms with van der Waals surface area (Å²) in [4.78, 5) is 41.0. The van der Waals surface area contributed by atoms with Crippen molar-refractivity contribution in [1.82, 2.24) is 14.5 Å². The number of para-hydroxylation sites is 1. The maximum absolute atomic E-state index is 13.0. The highest BCUT2D eigenvalue weighted by molar-refractivity contribution is 5.89. The first kappa shape index (κ1) is 17.7. The van der Waals surface area contributed by atoms with Crippen molar-refractivity contribution < 1.29 is 9.72 Å². The fourth-order valence-electron chi connectivity index (χ4n) is 4.83. The number of rotatable bonds is 3. The van der Waals surface area contributed by atoms with Gasteiger partial charge in [0.1, 0.15) is 0 Å². The molecule has 0 aliphatic carbocycles. The van der Waals surface area contributed by atoms with Crippen molar-refractivity contribution >= 4 is 22.5 Å². The number of hydrogen-bond donors (Lipinski definition) is 1. The minimum Gasteiger partial charge on any atom is -0.361 e. The first-order chi connectivity index (χ1) is 14.0. The molecule has 4 heterocycles. The van der Waals surface area contributed by atoms with Gasteiger partial charge in [-0.1, -0.05) is 18.2 Å². The van der Waals surface area contributed by atoms with E-state index in [1.54, 1.807) is 10.6 Å². The maximum atomic E-state index is 13.0. The second-order valence-electron chi connectivity index (χ2n) is 7.95. The average Bonchev–Trinajstić information content (AvgIpc) is 3.11. The van der Waals surface area contributed by atoms with Gasteiger partial charge in [-0.05, 0) is 30.0 Å². The monoisotopic (exact) mass is 392 g/mol. The Labute approximate surface area is 165 Å². The number of hydrogen-bond acceptors (Lipinski definition) is 4. The van der Waals surface area contributed by atoms with E-state index in [0.717, 1.165) is 28.6 Å². The summed E-state index contributed by atoms with van der Waals surface area (Å²) in [6.07, 6.45) is 3.12. The molecule has 0 saturated carbocycles. The van der Waals surface area contributed by atoms with Crippen LogP contribution in [0.5, 0.6) is 0 Å². The molecule has 0 unspecified atom stereocenters. The van der Waals surface area contributed by atoms with Crippen LogP contribution in [0, 0.1) is 16.0 Å². The van der Waals surface area contributed by atoms with Gasteiger partial charge >= 0.3 is 11.2 Å². The van der Waals surface area contributed by atoms with E-state index in [2.05, 4.69) is 4.98 Å². The lowest BCUT2D eigenvalue weighted by atomic mass is 9.83. The number of carbonyl (C=O) groups excluding carboxylic acids is 1. The van der Waals surface area contributed by atoms with E-state index >= 15 is 0 Å². The number of piperidine rings is 1. The van der Waals surface area contributed by atoms with Crippen LogP contribution in [0.4, 0.5) is 5.69 Å². The maximum Gasteiger partial charge on any atom is 0.334 e. The molecule has 5 rings (SSSR count). The number of amides is 1. The van der Waals surface area contributed by atoms with Gasteiger partial charge in [0, 0.05) is 54.4 Å². The number of nitro groups is 1. The molecule has 29 heavy (non-hydrogen) atoms. The van der Waals surface area contributed by atoms with Crippen molar-refractivity contribution in [2.75, 3.05) is 13.1 Å². The second kappa shape index (κ2) is 6.58. The number of likely N-dealkylation sites (tertiary alicyclic amines) is 1. The second-order valence-corrected chi connectivity index (χ2v) is 7.95. The Morgan fingerprint density at radius 2 is 2.00 bits per heavy atom. The minimum absolute atomic E-state index is 0.0305. The van der Waals surface area contributed by atoms with Crippen molar-refractivity contribution in [3.8, 4) is 0 Å². The van der Waals surface area contributed by atoms with Gasteiger partial charge in [0.15, 0.2) is 0 Å². The van der Waals surface area contributed by atoms with Crippen LogP contribution in [-0.2, 0) is 17.8 Å². The van der Waals surface area contributed by atoms with Crippen molar-refractivity contribution in [2.45, 2.75) is 25.3 Å². The molecule has 8 nitrogen and oxygen atoms in total. The zero-order chi connectivity index (χ0) is 20.1. The number of carbonyl (C=O) groups is 1. The molecule has 2 aliphatic heterocycles. The predicted octanol–water partition coefficient (Wildman–Crippen LogP) is 2.43. The number of pyridine rings is 1. The third-order valence-corrected chi connectivity index (χ3v) is 6.15. The van der Waals surface area contributed by atoms with E-state index in [-0.39, 0.29) is 23.4 Å². The molecule has 1 N–H and O–H groups in total. The summed E-state index contributed by atoms with van der Waals surface area (Å²) in [5, 5.41) is 12.1. The number of nitrogens with one attached hydrogen (secondary N) is 1. The fraction of sp³-hybridized carbons (Fsp3) is 0.333. The smallest absolute Gasteiger partial charge is 0.334 e. The zero-order valence-electron chi connectivity index (χ0n) is 15.7. The first-order valence-corrected chi connectivity index (χ1v) is 9.72. The van der Waals surface area contributed by atoms with E-state index in [4.69, 9.17) is 0 Å². The molecule has 0 spiro atoms. The van der Waals surface area contributed by atoms with Gasteiger partial charge in [0.25, 0.3) is 0 Å². The van der Waals surface area contributed by atoms with E-state index in [1.807, 2.05) is 35.4 Å². The van der Waals surface area contributed by atoms with Crippen LogP contribution in [0.25, 0.3) is 10.9 Å². The molecule has 2 bridgehead atoms. The van der Waals surface area contributed by atoms with Crippen LogP contribution >= 0.6 is 0 Å². The minimum atomic E-state index is -0.628. The SMILES string of the molecule is O=C(Cc1c[nH]c2ccccc12)N1C[C@H]2C[C@@H](C1)c1ccc([N+](=O)[O-])c(=O)n1C2. The van der Waals surface area contributed by atoms with Crippen LogP contribution in [0.1, 0.15) is 23.6 Å². The summed E-state index contributed by atoms with van der Waals surface area (Å²) >= 11 is 0. The van der Waals surface area contributed by atoms with Crippen molar-refractivity contribution in [3.05, 3.63) is 74.3 Å². The van der Waals surface area contributed by atoms with Gasteiger partial charge in [0.05, 0.1) is 11.3 Å². The van der Waals surface area contributed by atoms with Crippen LogP contribution in [0.15, 0.2) is 47.4 Å². The Bertz CT molecular complexity index is 1190. The molecule has 2 atom stereocenters. The summed E-state index contributed by atoms with van der Waals surface area (Å²) in [5.74, 6) is 0.234. The molecule has 1 saturated heterocycles. The van der Waals surface area contributed by atoms with E-state index < -0.39 is 10.5 Å². The van der Waals surface area contributed by atoms with Crippen molar-refractivity contribution in [2.24, 2.45) is 5.92 Å². The molecule has 1 amide bonds. The van der Waals surface area contributed by atoms with Gasteiger partial charge in [0.2, 0.25) is 5.91 Å². The normalized spacial score (nSPS) is 20.5. The highest BCUT2D eigenvalue weighted by Gasteiger charge is 2.37. The number of aromatic amines is 1. The number of fused-ring (bicyclic) bond motifs is 5. The summed E-state index contributed by atoms with van der Waals surface area (Å²) in [6.45, 7) is 1.53. The third kappa shape index (κ3) is 2.91. The molecular weight excluding hydrogens is 372 g/mol. The first-order valence-electron chi connectivity index (χ1n) is 9.72. The molecule has 0 radical (unpaired) electrons. The quantitative estimate of drug-likeness (QED) is 0.546. The van der Waals surface area contributed by atoms with Crippen molar-refractivity contribution in [1.29, 1.82) is 0 Å². The summed E-state index contributed by atoms with van der Waals surface area (Å²) in [6, 6.07) is 10.9. The summed E-state index contributed by atoms with van der Waals surface area (Å²) < 4.78 is 1.54. The van der Waals surface area contributed by atoms with Crippen LogP contribution < -0.4 is 5.56 Å². The van der Waals surface area contributed by atoms with Gasteiger partial charge in [-0.3, -0.25) is 19.7 Å². The fourth-order valence-corrected chi connectivity index (χ4v) is 4.83. The Hall–Kier alpha value is -3.42. The molecule has 1 fully saturated rings. The Morgan fingerprint density at radius 1 is 1.17 bits per heavy atom. The highest BCUT2D eigenvalue weighted by atomic mass is 16.6. The molecular formula is C21H20N4O4. The van der Waals surface area contributed by atoms with Crippen LogP contribution in [-0.4, -0.2) is 38.4 Å². The summed E-state index contributed by atoms with van der Waals surface area (Å²) in [7, 11) is 0.